The highest BCUT2D eigenvalue weighted by molar-refractivity contribution is 7.71. The zero-order valence-corrected chi connectivity index (χ0v) is 7.37. The van der Waals surface area contributed by atoms with E-state index in [2.05, 4.69) is 26.9 Å². The predicted molar refractivity (Wildman–Crippen MR) is 39.9 cm³/mol. The molecular weight excluding hydrogens is 159 g/mol. The molecule has 44 valence electrons. The molecule has 0 aromatic heterocycles. The summed E-state index contributed by atoms with van der Waals surface area (Å²) in [5.41, 5.74) is 0. The van der Waals surface area contributed by atoms with Crippen molar-refractivity contribution >= 4 is 24.3 Å². The van der Waals surface area contributed by atoms with Crippen molar-refractivity contribution in [1.29, 1.82) is 0 Å². The van der Waals surface area contributed by atoms with Crippen LogP contribution in [-0.4, -0.2) is 13.3 Å². The van der Waals surface area contributed by atoms with Crippen LogP contribution in [0, 0.1) is 0 Å². The summed E-state index contributed by atoms with van der Waals surface area (Å²) in [5.74, 6) is 0. The normalized spacial score (nSPS) is 26.8. The van der Waals surface area contributed by atoms with Crippen molar-refractivity contribution in [2.45, 2.75) is 0 Å². The van der Waals surface area contributed by atoms with Gasteiger partial charge in [-0.15, -0.1) is 0 Å². The maximum atomic E-state index is 4.20. The standard InChI is InChI=1S/C2H6N3P3/c1-8(2)4-6-3-7-5-8/h1-2H3. The van der Waals surface area contributed by atoms with Crippen LogP contribution in [-0.2, 0) is 0 Å². The second kappa shape index (κ2) is 2.35. The molecule has 6 heteroatoms. The van der Waals surface area contributed by atoms with E-state index in [4.69, 9.17) is 0 Å². The quantitative estimate of drug-likeness (QED) is 0.493. The Morgan fingerprint density at radius 3 is 2.25 bits per heavy atom. The molecule has 8 heavy (non-hydrogen) atoms. The number of hydrogen-bond acceptors (Lipinski definition) is 3. The highest BCUT2D eigenvalue weighted by Gasteiger charge is 2.01. The van der Waals surface area contributed by atoms with Crippen LogP contribution in [0.2, 0.25) is 0 Å². The van der Waals surface area contributed by atoms with Crippen molar-refractivity contribution in [3.8, 4) is 0 Å². The van der Waals surface area contributed by atoms with Gasteiger partial charge in [-0.25, -0.2) is 9.03 Å². The molecule has 1 heterocycles. The Bertz CT molecular complexity index is 187. The van der Waals surface area contributed by atoms with E-state index in [-0.39, 0.29) is 0 Å². The predicted octanol–water partition coefficient (Wildman–Crippen LogP) is 3.47. The average Bonchev–Trinajstić information content (AvgIpc) is 1.65. The number of rotatable bonds is 0. The second-order valence-corrected chi connectivity index (χ2v) is 6.96. The third kappa shape index (κ3) is 1.74. The maximum absolute atomic E-state index is 4.20. The lowest BCUT2D eigenvalue weighted by Crippen LogP contribution is -1.62. The number of hydrogen-bond donors (Lipinski definition) is 0. The molecule has 0 N–H and O–H groups in total. The highest BCUT2D eigenvalue weighted by Crippen LogP contribution is 2.51. The highest BCUT2D eigenvalue weighted by atomic mass is 31.2. The largest absolute Gasteiger partial charge is 0.205 e. The first-order chi connectivity index (χ1) is 3.71. The molecule has 0 spiro atoms. The minimum Gasteiger partial charge on any atom is -0.205 e. The third-order valence-electron chi connectivity index (χ3n) is 0.598. The van der Waals surface area contributed by atoms with Crippen LogP contribution in [0.3, 0.4) is 0 Å². The van der Waals surface area contributed by atoms with E-state index in [0.29, 0.717) is 0 Å². The van der Waals surface area contributed by atoms with E-state index >= 15 is 0 Å². The molecule has 1 aliphatic heterocycles. The first-order valence-electron chi connectivity index (χ1n) is 2.09. The lowest BCUT2D eigenvalue weighted by Gasteiger charge is -2.03. The van der Waals surface area contributed by atoms with Gasteiger partial charge in [-0.1, -0.05) is 0 Å². The van der Waals surface area contributed by atoms with Crippen LogP contribution < -0.4 is 0 Å². The van der Waals surface area contributed by atoms with Gasteiger partial charge < -0.3 is 0 Å². The van der Waals surface area contributed by atoms with Crippen molar-refractivity contribution in [3.05, 3.63) is 0 Å². The average molecular weight is 165 g/mol. The third-order valence-corrected chi connectivity index (χ3v) is 5.38. The molecule has 0 aromatic rings. The van der Waals surface area contributed by atoms with Crippen LogP contribution in [0.15, 0.2) is 13.5 Å². The summed E-state index contributed by atoms with van der Waals surface area (Å²) >= 11 is 0. The first-order valence-corrected chi connectivity index (χ1v) is 6.28. The molecule has 0 aliphatic carbocycles. The zero-order chi connectivity index (χ0) is 6.04. The van der Waals surface area contributed by atoms with Gasteiger partial charge in [-0.05, 0) is 13.3 Å². The molecular formula is C2H6N3P3. The SMILES string of the molecule is CP1(C)=NP=NP=N1. The zero-order valence-electron chi connectivity index (χ0n) is 4.68. The molecule has 1 rings (SSSR count). The van der Waals surface area contributed by atoms with Gasteiger partial charge in [0, 0.05) is 0 Å². The van der Waals surface area contributed by atoms with Crippen molar-refractivity contribution in [2.24, 2.45) is 13.5 Å². The summed E-state index contributed by atoms with van der Waals surface area (Å²) < 4.78 is 12.3. The summed E-state index contributed by atoms with van der Waals surface area (Å²) in [6.45, 7) is 4.17. The minimum absolute atomic E-state index is 0.871. The maximum Gasteiger partial charge on any atom is 0.160 e. The molecule has 0 saturated carbocycles. The van der Waals surface area contributed by atoms with Crippen molar-refractivity contribution < 1.29 is 0 Å². The molecule has 0 atom stereocenters. The summed E-state index contributed by atoms with van der Waals surface area (Å²) in [4.78, 5) is 0. The number of nitrogens with zero attached hydrogens (tertiary/aromatic N) is 3. The molecule has 0 aromatic carbocycles. The van der Waals surface area contributed by atoms with Crippen LogP contribution in [0.5, 0.6) is 0 Å². The fraction of sp³-hybridized carbons (Fsp3) is 1.00. The summed E-state index contributed by atoms with van der Waals surface area (Å²) in [5, 5.41) is 0. The molecule has 0 unspecified atom stereocenters. The van der Waals surface area contributed by atoms with Crippen molar-refractivity contribution in [3.63, 3.8) is 0 Å². The lowest BCUT2D eigenvalue weighted by molar-refractivity contribution is 1.74. The monoisotopic (exact) mass is 165 g/mol. The van der Waals surface area contributed by atoms with Crippen molar-refractivity contribution in [1.82, 2.24) is 0 Å². The van der Waals surface area contributed by atoms with Gasteiger partial charge in [0.15, 0.2) is 17.0 Å². The Morgan fingerprint density at radius 2 is 2.00 bits per heavy atom. The van der Waals surface area contributed by atoms with Crippen molar-refractivity contribution in [2.75, 3.05) is 13.3 Å². The van der Waals surface area contributed by atoms with E-state index in [1.807, 2.05) is 0 Å². The van der Waals surface area contributed by atoms with Gasteiger partial charge >= 0.3 is 0 Å². The topological polar surface area (TPSA) is 37.1 Å². The summed E-state index contributed by atoms with van der Waals surface area (Å²) in [6.07, 6.45) is 0. The second-order valence-electron chi connectivity index (χ2n) is 1.78. The molecule has 0 amide bonds. The van der Waals surface area contributed by atoms with Crippen LogP contribution in [0.25, 0.3) is 0 Å². The molecule has 0 saturated heterocycles. The first kappa shape index (κ1) is 6.55. The van der Waals surface area contributed by atoms with Gasteiger partial charge in [0.2, 0.25) is 0 Å². The Hall–Kier alpha value is 0.430. The Labute approximate surface area is 51.9 Å². The van der Waals surface area contributed by atoms with Crippen LogP contribution in [0.4, 0.5) is 0 Å². The fourth-order valence-electron chi connectivity index (χ4n) is 0.267. The van der Waals surface area contributed by atoms with Crippen LogP contribution in [0.1, 0.15) is 0 Å². The Balaban J connectivity index is 3.00. The Kier molecular flexibility index (Phi) is 1.92. The van der Waals surface area contributed by atoms with E-state index in [1.54, 1.807) is 0 Å². The minimum atomic E-state index is -1.21. The van der Waals surface area contributed by atoms with Gasteiger partial charge in [0.05, 0.1) is 7.21 Å². The van der Waals surface area contributed by atoms with E-state index in [0.717, 1.165) is 17.0 Å². The fourth-order valence-corrected chi connectivity index (χ4v) is 3.37. The molecule has 0 bridgehead atoms. The summed E-state index contributed by atoms with van der Waals surface area (Å²) in [6, 6.07) is 0. The summed E-state index contributed by atoms with van der Waals surface area (Å²) in [7, 11) is 0.536. The van der Waals surface area contributed by atoms with E-state index in [9.17, 15) is 0 Å². The molecule has 1 aliphatic rings. The van der Waals surface area contributed by atoms with Crippen LogP contribution >= 0.6 is 24.3 Å². The molecule has 0 fully saturated rings. The van der Waals surface area contributed by atoms with Gasteiger partial charge in [-0.2, -0.15) is 4.52 Å². The van der Waals surface area contributed by atoms with E-state index in [1.165, 1.54) is 0 Å². The lowest BCUT2D eigenvalue weighted by atomic mass is 11.9. The Morgan fingerprint density at radius 1 is 1.25 bits per heavy atom. The van der Waals surface area contributed by atoms with Gasteiger partial charge in [0.1, 0.15) is 0 Å². The van der Waals surface area contributed by atoms with E-state index < -0.39 is 7.21 Å². The smallest absolute Gasteiger partial charge is 0.160 e. The molecule has 3 nitrogen and oxygen atoms in total. The van der Waals surface area contributed by atoms with Gasteiger partial charge in [-0.3, -0.25) is 0 Å². The molecule has 0 radical (unpaired) electrons. The van der Waals surface area contributed by atoms with Gasteiger partial charge in [0.25, 0.3) is 0 Å².